The quantitative estimate of drug-likeness (QED) is 0.690. The Labute approximate surface area is 82.7 Å². The first-order valence-electron chi connectivity index (χ1n) is 4.45. The van der Waals surface area contributed by atoms with Crippen molar-refractivity contribution >= 4 is 6.29 Å². The summed E-state index contributed by atoms with van der Waals surface area (Å²) in [4.78, 5) is 10.5. The molecule has 0 aliphatic carbocycles. The van der Waals surface area contributed by atoms with E-state index in [9.17, 15) is 9.18 Å². The summed E-state index contributed by atoms with van der Waals surface area (Å²) in [7, 11) is 1.53. The van der Waals surface area contributed by atoms with Crippen LogP contribution in [0.1, 0.15) is 12.5 Å². The van der Waals surface area contributed by atoms with E-state index in [-0.39, 0.29) is 11.7 Å². The maximum absolute atomic E-state index is 12.9. The Balaban J connectivity index is 2.92. The fraction of sp³-hybridized carbons (Fsp3) is 0.364. The Bertz CT molecular complexity index is 323. The number of carbonyl (C=O) groups is 1. The van der Waals surface area contributed by atoms with Gasteiger partial charge in [0, 0.05) is 5.92 Å². The zero-order valence-electron chi connectivity index (χ0n) is 8.29. The van der Waals surface area contributed by atoms with Crippen LogP contribution in [0.4, 0.5) is 4.39 Å². The molecule has 0 aliphatic heterocycles. The van der Waals surface area contributed by atoms with Gasteiger partial charge in [0.15, 0.2) is 0 Å². The molecule has 1 unspecified atom stereocenters. The van der Waals surface area contributed by atoms with Gasteiger partial charge in [-0.2, -0.15) is 0 Å². The van der Waals surface area contributed by atoms with Crippen LogP contribution in [0.5, 0.6) is 5.75 Å². The maximum atomic E-state index is 12.9. The Morgan fingerprint density at radius 2 is 2.29 bits per heavy atom. The highest BCUT2D eigenvalue weighted by molar-refractivity contribution is 5.54. The minimum absolute atomic E-state index is 0.120. The van der Waals surface area contributed by atoms with Crippen molar-refractivity contribution in [1.29, 1.82) is 0 Å². The molecule has 1 atom stereocenters. The van der Waals surface area contributed by atoms with Crippen molar-refractivity contribution in [3.05, 3.63) is 29.6 Å². The molecule has 0 bridgehead atoms. The Morgan fingerprint density at radius 1 is 1.57 bits per heavy atom. The lowest BCUT2D eigenvalue weighted by Crippen LogP contribution is -2.03. The predicted octanol–water partition coefficient (Wildman–Crippen LogP) is 2.21. The van der Waals surface area contributed by atoms with Crippen LogP contribution >= 0.6 is 0 Å². The summed E-state index contributed by atoms with van der Waals surface area (Å²) in [6, 6.07) is 4.31. The van der Waals surface area contributed by atoms with Gasteiger partial charge in [-0.05, 0) is 30.2 Å². The number of methoxy groups -OCH3 is 1. The Kier molecular flexibility index (Phi) is 3.63. The van der Waals surface area contributed by atoms with Gasteiger partial charge in [-0.3, -0.25) is 0 Å². The van der Waals surface area contributed by atoms with Crippen molar-refractivity contribution in [2.75, 3.05) is 7.11 Å². The van der Waals surface area contributed by atoms with Crippen LogP contribution in [0, 0.1) is 11.7 Å². The third kappa shape index (κ3) is 2.55. The van der Waals surface area contributed by atoms with E-state index in [1.807, 2.05) is 0 Å². The van der Waals surface area contributed by atoms with Crippen molar-refractivity contribution in [3.63, 3.8) is 0 Å². The van der Waals surface area contributed by atoms with Crippen LogP contribution in [-0.2, 0) is 11.2 Å². The van der Waals surface area contributed by atoms with Crippen LogP contribution in [0.15, 0.2) is 18.2 Å². The van der Waals surface area contributed by atoms with Crippen molar-refractivity contribution in [2.24, 2.45) is 5.92 Å². The molecule has 0 amide bonds. The van der Waals surface area contributed by atoms with Gasteiger partial charge in [-0.1, -0.05) is 6.92 Å². The minimum atomic E-state index is -0.307. The molecule has 0 N–H and O–H groups in total. The standard InChI is InChI=1S/C11H13FO2/c1-8(7-13)5-9-6-10(12)3-4-11(9)14-2/h3-4,6-8H,5H2,1-2H3. The second-order valence-corrected chi connectivity index (χ2v) is 3.27. The lowest BCUT2D eigenvalue weighted by Gasteiger charge is -2.09. The summed E-state index contributed by atoms with van der Waals surface area (Å²) in [6.07, 6.45) is 1.36. The third-order valence-electron chi connectivity index (χ3n) is 2.02. The van der Waals surface area contributed by atoms with Gasteiger partial charge in [0.1, 0.15) is 17.9 Å². The van der Waals surface area contributed by atoms with E-state index in [4.69, 9.17) is 4.74 Å². The number of rotatable bonds is 4. The molecule has 0 aliphatic rings. The fourth-order valence-corrected chi connectivity index (χ4v) is 1.30. The lowest BCUT2D eigenvalue weighted by atomic mass is 10.0. The van der Waals surface area contributed by atoms with Gasteiger partial charge in [0.05, 0.1) is 7.11 Å². The van der Waals surface area contributed by atoms with Crippen molar-refractivity contribution in [3.8, 4) is 5.75 Å². The van der Waals surface area contributed by atoms with Crippen molar-refractivity contribution in [2.45, 2.75) is 13.3 Å². The topological polar surface area (TPSA) is 26.3 Å². The minimum Gasteiger partial charge on any atom is -0.496 e. The van der Waals surface area contributed by atoms with Crippen molar-refractivity contribution in [1.82, 2.24) is 0 Å². The molecule has 0 aromatic heterocycles. The summed E-state index contributed by atoms with van der Waals surface area (Å²) in [5.74, 6) is 0.199. The highest BCUT2D eigenvalue weighted by atomic mass is 19.1. The van der Waals surface area contributed by atoms with E-state index in [0.29, 0.717) is 12.2 Å². The Morgan fingerprint density at radius 3 is 2.86 bits per heavy atom. The summed E-state index contributed by atoms with van der Waals surface area (Å²) in [5, 5.41) is 0. The van der Waals surface area contributed by atoms with E-state index >= 15 is 0 Å². The molecule has 0 saturated heterocycles. The monoisotopic (exact) mass is 196 g/mol. The first-order valence-corrected chi connectivity index (χ1v) is 4.45. The van der Waals surface area contributed by atoms with Gasteiger partial charge in [-0.25, -0.2) is 4.39 Å². The Hall–Kier alpha value is -1.38. The average Bonchev–Trinajstić information content (AvgIpc) is 2.18. The largest absolute Gasteiger partial charge is 0.496 e. The molecule has 1 rings (SSSR count). The van der Waals surface area contributed by atoms with E-state index in [0.717, 1.165) is 11.8 Å². The predicted molar refractivity (Wildman–Crippen MR) is 51.9 cm³/mol. The number of halogens is 1. The second-order valence-electron chi connectivity index (χ2n) is 3.27. The number of ether oxygens (including phenoxy) is 1. The smallest absolute Gasteiger partial charge is 0.123 e. The number of carbonyl (C=O) groups excluding carboxylic acids is 1. The lowest BCUT2D eigenvalue weighted by molar-refractivity contribution is -0.110. The highest BCUT2D eigenvalue weighted by Gasteiger charge is 2.08. The van der Waals surface area contributed by atoms with Gasteiger partial charge in [0.25, 0.3) is 0 Å². The van der Waals surface area contributed by atoms with Crippen LogP contribution in [0.25, 0.3) is 0 Å². The number of benzene rings is 1. The summed E-state index contributed by atoms with van der Waals surface area (Å²) >= 11 is 0. The van der Waals surface area contributed by atoms with E-state index in [1.165, 1.54) is 19.2 Å². The highest BCUT2D eigenvalue weighted by Crippen LogP contribution is 2.21. The van der Waals surface area contributed by atoms with Crippen LogP contribution < -0.4 is 4.74 Å². The van der Waals surface area contributed by atoms with Crippen LogP contribution in [0.3, 0.4) is 0 Å². The zero-order chi connectivity index (χ0) is 10.6. The fourth-order valence-electron chi connectivity index (χ4n) is 1.30. The molecule has 1 aromatic carbocycles. The average molecular weight is 196 g/mol. The molecule has 3 heteroatoms. The number of aldehydes is 1. The first-order chi connectivity index (χ1) is 6.67. The zero-order valence-corrected chi connectivity index (χ0v) is 8.29. The number of hydrogen-bond acceptors (Lipinski definition) is 2. The molecule has 2 nitrogen and oxygen atoms in total. The second kappa shape index (κ2) is 4.74. The maximum Gasteiger partial charge on any atom is 0.123 e. The summed E-state index contributed by atoms with van der Waals surface area (Å²) in [5.41, 5.74) is 0.729. The molecular formula is C11H13FO2. The van der Waals surface area contributed by atoms with Crippen molar-refractivity contribution < 1.29 is 13.9 Å². The van der Waals surface area contributed by atoms with Crippen LogP contribution in [0.2, 0.25) is 0 Å². The number of hydrogen-bond donors (Lipinski definition) is 0. The van der Waals surface area contributed by atoms with Gasteiger partial charge < -0.3 is 9.53 Å². The normalized spacial score (nSPS) is 12.2. The molecule has 0 radical (unpaired) electrons. The molecule has 14 heavy (non-hydrogen) atoms. The molecule has 76 valence electrons. The molecule has 0 spiro atoms. The SMILES string of the molecule is COc1ccc(F)cc1CC(C)C=O. The van der Waals surface area contributed by atoms with E-state index < -0.39 is 0 Å². The third-order valence-corrected chi connectivity index (χ3v) is 2.02. The summed E-state index contributed by atoms with van der Waals surface area (Å²) in [6.45, 7) is 1.79. The summed E-state index contributed by atoms with van der Waals surface area (Å²) < 4.78 is 18.0. The van der Waals surface area contributed by atoms with E-state index in [2.05, 4.69) is 0 Å². The molecule has 0 fully saturated rings. The van der Waals surface area contributed by atoms with Gasteiger partial charge >= 0.3 is 0 Å². The molecule has 1 aromatic rings. The van der Waals surface area contributed by atoms with Gasteiger partial charge in [0.2, 0.25) is 0 Å². The van der Waals surface area contributed by atoms with Gasteiger partial charge in [-0.15, -0.1) is 0 Å². The molecule has 0 saturated carbocycles. The van der Waals surface area contributed by atoms with E-state index in [1.54, 1.807) is 13.0 Å². The van der Waals surface area contributed by atoms with Crippen LogP contribution in [-0.4, -0.2) is 13.4 Å². The first kappa shape index (κ1) is 10.7. The molecular weight excluding hydrogens is 183 g/mol. The molecule has 0 heterocycles.